The first kappa shape index (κ1) is 25.0. The second-order valence-electron chi connectivity index (χ2n) is 6.43. The number of hydrogen-bond donors (Lipinski definition) is 3. The van der Waals surface area contributed by atoms with Gasteiger partial charge in [0, 0.05) is 6.92 Å². The number of hydrogen-bond acceptors (Lipinski definition) is 7. The number of alkyl halides is 3. The Balaban J connectivity index is 2.32. The van der Waals surface area contributed by atoms with Crippen LogP contribution in [0.2, 0.25) is 0 Å². The number of rotatable bonds is 6. The average Bonchev–Trinajstić information content (AvgIpc) is 2.86. The smallest absolute Gasteiger partial charge is 0.272 e. The molecule has 10 nitrogen and oxygen atoms in total. The Bertz CT molecular complexity index is 1060. The Kier molecular flexibility index (Phi) is 7.53. The summed E-state index contributed by atoms with van der Waals surface area (Å²) in [5, 5.41) is 4.68. The number of benzene rings is 1. The van der Waals surface area contributed by atoms with Crippen molar-refractivity contribution in [3.8, 4) is 5.75 Å². The number of anilines is 1. The SMILES string of the molecule is COc1ccc(S(=O)(=O)N[C@H]2CS(=O)(=O)C[C@@H]2NC(=O)C(Cl)(Cl)Cl)cc1NC(C)=O. The maximum atomic E-state index is 12.8. The van der Waals surface area contributed by atoms with Crippen LogP contribution < -0.4 is 20.1 Å². The third-order valence-corrected chi connectivity index (χ3v) is 7.76. The van der Waals surface area contributed by atoms with Gasteiger partial charge < -0.3 is 15.4 Å². The zero-order chi connectivity index (χ0) is 22.9. The third-order valence-electron chi connectivity index (χ3n) is 4.03. The summed E-state index contributed by atoms with van der Waals surface area (Å²) in [5.41, 5.74) is 0.105. The second-order valence-corrected chi connectivity index (χ2v) is 12.6. The van der Waals surface area contributed by atoms with E-state index in [1.54, 1.807) is 0 Å². The molecule has 0 radical (unpaired) electrons. The highest BCUT2D eigenvalue weighted by atomic mass is 35.6. The molecule has 15 heteroatoms. The molecule has 1 fully saturated rings. The minimum atomic E-state index is -4.25. The van der Waals surface area contributed by atoms with Gasteiger partial charge in [-0.2, -0.15) is 0 Å². The van der Waals surface area contributed by atoms with E-state index in [2.05, 4.69) is 15.4 Å². The lowest BCUT2D eigenvalue weighted by atomic mass is 10.2. The lowest BCUT2D eigenvalue weighted by molar-refractivity contribution is -0.121. The third kappa shape index (κ3) is 6.34. The monoisotopic (exact) mass is 521 g/mol. The van der Waals surface area contributed by atoms with Crippen LogP contribution >= 0.6 is 34.8 Å². The van der Waals surface area contributed by atoms with Gasteiger partial charge in [0.05, 0.1) is 41.3 Å². The van der Waals surface area contributed by atoms with Crippen LogP contribution in [0, 0.1) is 0 Å². The summed E-state index contributed by atoms with van der Waals surface area (Å²) in [4.78, 5) is 23.0. The molecule has 1 aromatic carbocycles. The van der Waals surface area contributed by atoms with Crippen molar-refractivity contribution in [2.45, 2.75) is 27.7 Å². The first-order chi connectivity index (χ1) is 13.6. The largest absolute Gasteiger partial charge is 0.495 e. The molecule has 1 heterocycles. The van der Waals surface area contributed by atoms with Crippen molar-refractivity contribution < 1.29 is 31.2 Å². The summed E-state index contributed by atoms with van der Waals surface area (Å²) >= 11 is 16.4. The Labute approximate surface area is 188 Å². The molecule has 1 aliphatic heterocycles. The zero-order valence-corrected chi connectivity index (χ0v) is 19.5. The van der Waals surface area contributed by atoms with Gasteiger partial charge in [-0.05, 0) is 18.2 Å². The molecule has 0 bridgehead atoms. The normalized spacial score (nSPS) is 21.1. The predicted octanol–water partition coefficient (Wildman–Crippen LogP) is 0.584. The van der Waals surface area contributed by atoms with Crippen molar-refractivity contribution in [1.29, 1.82) is 0 Å². The fourth-order valence-corrected chi connectivity index (χ4v) is 6.20. The second kappa shape index (κ2) is 9.05. The molecular formula is C15H18Cl3N3O7S2. The molecule has 0 spiro atoms. The highest BCUT2D eigenvalue weighted by Gasteiger charge is 2.43. The number of halogens is 3. The Hall–Kier alpha value is -1.31. The lowest BCUT2D eigenvalue weighted by Crippen LogP contribution is -2.53. The molecule has 2 rings (SSSR count). The molecule has 0 aromatic heterocycles. The van der Waals surface area contributed by atoms with Gasteiger partial charge in [0.15, 0.2) is 9.84 Å². The van der Waals surface area contributed by atoms with Crippen LogP contribution in [0.25, 0.3) is 0 Å². The molecule has 1 saturated heterocycles. The van der Waals surface area contributed by atoms with E-state index >= 15 is 0 Å². The summed E-state index contributed by atoms with van der Waals surface area (Å²) in [7, 11) is -6.58. The fraction of sp³-hybridized carbons (Fsp3) is 0.467. The molecule has 1 aliphatic rings. The molecular weight excluding hydrogens is 505 g/mol. The standard InChI is InChI=1S/C15H18Cl3N3O7S2/c1-8(22)19-10-5-9(3-4-13(10)28-2)30(26,27)21-12-7-29(24,25)6-11(12)20-14(23)15(16,17)18/h3-5,11-12,21H,6-7H2,1-2H3,(H,19,22)(H,20,23)/t11-,12-/m0/s1. The predicted molar refractivity (Wildman–Crippen MR) is 112 cm³/mol. The summed E-state index contributed by atoms with van der Waals surface area (Å²) in [6, 6.07) is 1.34. The maximum Gasteiger partial charge on any atom is 0.272 e. The summed E-state index contributed by atoms with van der Waals surface area (Å²) in [5.74, 6) is -2.41. The van der Waals surface area contributed by atoms with E-state index in [4.69, 9.17) is 39.5 Å². The molecule has 168 valence electrons. The number of carbonyl (C=O) groups is 2. The van der Waals surface area contributed by atoms with E-state index in [1.165, 1.54) is 26.2 Å². The van der Waals surface area contributed by atoms with Crippen molar-refractivity contribution in [3.63, 3.8) is 0 Å². The highest BCUT2D eigenvalue weighted by Crippen LogP contribution is 2.29. The lowest BCUT2D eigenvalue weighted by Gasteiger charge is -2.22. The molecule has 30 heavy (non-hydrogen) atoms. The number of sulfonamides is 1. The first-order valence-electron chi connectivity index (χ1n) is 8.21. The minimum Gasteiger partial charge on any atom is -0.495 e. The van der Waals surface area contributed by atoms with Crippen LogP contribution in [0.4, 0.5) is 5.69 Å². The molecule has 3 N–H and O–H groups in total. The van der Waals surface area contributed by atoms with Gasteiger partial charge in [-0.3, -0.25) is 9.59 Å². The van der Waals surface area contributed by atoms with Gasteiger partial charge in [-0.1, -0.05) is 34.8 Å². The van der Waals surface area contributed by atoms with Gasteiger partial charge >= 0.3 is 0 Å². The van der Waals surface area contributed by atoms with Crippen LogP contribution in [0.1, 0.15) is 6.92 Å². The fourth-order valence-electron chi connectivity index (χ4n) is 2.77. The molecule has 2 atom stereocenters. The van der Waals surface area contributed by atoms with E-state index in [0.29, 0.717) is 0 Å². The molecule has 0 unspecified atom stereocenters. The number of carbonyl (C=O) groups excluding carboxylic acids is 2. The van der Waals surface area contributed by atoms with Gasteiger partial charge in [-0.15, -0.1) is 0 Å². The van der Waals surface area contributed by atoms with E-state index in [0.717, 1.165) is 6.07 Å². The Morgan fingerprint density at radius 3 is 2.30 bits per heavy atom. The number of ether oxygens (including phenoxy) is 1. The number of amides is 2. The number of methoxy groups -OCH3 is 1. The first-order valence-corrected chi connectivity index (χ1v) is 12.6. The van der Waals surface area contributed by atoms with E-state index in [9.17, 15) is 26.4 Å². The zero-order valence-electron chi connectivity index (χ0n) is 15.6. The van der Waals surface area contributed by atoms with Crippen LogP contribution in [-0.2, 0) is 29.4 Å². The van der Waals surface area contributed by atoms with Crippen molar-refractivity contribution >= 4 is 72.2 Å². The van der Waals surface area contributed by atoms with E-state index < -0.39 is 59.1 Å². The quantitative estimate of drug-likeness (QED) is 0.463. The van der Waals surface area contributed by atoms with Crippen molar-refractivity contribution in [1.82, 2.24) is 10.0 Å². The van der Waals surface area contributed by atoms with E-state index in [-0.39, 0.29) is 16.3 Å². The molecule has 0 saturated carbocycles. The van der Waals surface area contributed by atoms with Crippen LogP contribution in [0.15, 0.2) is 23.1 Å². The van der Waals surface area contributed by atoms with E-state index in [1.807, 2.05) is 0 Å². The van der Waals surface area contributed by atoms with Crippen molar-refractivity contribution in [2.75, 3.05) is 23.9 Å². The molecule has 1 aromatic rings. The Morgan fingerprint density at radius 2 is 1.77 bits per heavy atom. The van der Waals surface area contributed by atoms with Crippen LogP contribution in [-0.4, -0.2) is 63.1 Å². The summed E-state index contributed by atoms with van der Waals surface area (Å²) in [6.07, 6.45) is 0. The number of sulfone groups is 1. The van der Waals surface area contributed by atoms with Gasteiger partial charge in [-0.25, -0.2) is 21.6 Å². The van der Waals surface area contributed by atoms with Crippen LogP contribution in [0.5, 0.6) is 5.75 Å². The minimum absolute atomic E-state index is 0.105. The highest BCUT2D eigenvalue weighted by molar-refractivity contribution is 7.92. The van der Waals surface area contributed by atoms with Gasteiger partial charge in [0.2, 0.25) is 15.9 Å². The van der Waals surface area contributed by atoms with Gasteiger partial charge in [0.1, 0.15) is 5.75 Å². The Morgan fingerprint density at radius 1 is 1.17 bits per heavy atom. The molecule has 2 amide bonds. The average molecular weight is 523 g/mol. The topological polar surface area (TPSA) is 148 Å². The van der Waals surface area contributed by atoms with Crippen molar-refractivity contribution in [3.05, 3.63) is 18.2 Å². The summed E-state index contributed by atoms with van der Waals surface area (Å²) in [6.45, 7) is 1.24. The van der Waals surface area contributed by atoms with Crippen molar-refractivity contribution in [2.24, 2.45) is 0 Å². The maximum absolute atomic E-state index is 12.8. The van der Waals surface area contributed by atoms with Crippen LogP contribution in [0.3, 0.4) is 0 Å². The van der Waals surface area contributed by atoms with Gasteiger partial charge in [0.25, 0.3) is 9.70 Å². The number of nitrogens with one attached hydrogen (secondary N) is 3. The summed E-state index contributed by atoms with van der Waals surface area (Å²) < 4.78 is 54.6. The molecule has 0 aliphatic carbocycles.